The Morgan fingerprint density at radius 2 is 2.06 bits per heavy atom. The first-order valence-electron chi connectivity index (χ1n) is 10.4. The van der Waals surface area contributed by atoms with Crippen molar-refractivity contribution < 1.29 is 19.4 Å². The lowest BCUT2D eigenvalue weighted by atomic mass is 10.2. The molecule has 0 saturated carbocycles. The number of alkyl carbamates (subject to hydrolysis) is 1. The Labute approximate surface area is 189 Å². The number of benzene rings is 1. The molecule has 1 atom stereocenters. The number of amides is 1. The second-order valence-corrected chi connectivity index (χ2v) is 7.37. The van der Waals surface area contributed by atoms with E-state index < -0.39 is 23.8 Å². The van der Waals surface area contributed by atoms with Crippen LogP contribution in [0.25, 0.3) is 0 Å². The quantitative estimate of drug-likeness (QED) is 0.320. The molecule has 2 heterocycles. The Morgan fingerprint density at radius 1 is 1.27 bits per heavy atom. The summed E-state index contributed by atoms with van der Waals surface area (Å²) in [7, 11) is 0. The fourth-order valence-electron chi connectivity index (χ4n) is 3.09. The predicted octanol–water partition coefficient (Wildman–Crippen LogP) is 1.70. The van der Waals surface area contributed by atoms with Gasteiger partial charge in [-0.15, -0.1) is 0 Å². The van der Waals surface area contributed by atoms with Gasteiger partial charge >= 0.3 is 17.8 Å². The Morgan fingerprint density at radius 3 is 2.76 bits per heavy atom. The number of carboxylic acid groups (broad SMARTS) is 1. The van der Waals surface area contributed by atoms with Crippen molar-refractivity contribution in [2.45, 2.75) is 39.0 Å². The van der Waals surface area contributed by atoms with Crippen LogP contribution in [-0.2, 0) is 29.1 Å². The number of hydrogen-bond acceptors (Lipinski definition) is 7. The molecule has 174 valence electrons. The molecule has 11 heteroatoms. The first-order valence-corrected chi connectivity index (χ1v) is 10.4. The predicted molar refractivity (Wildman–Crippen MR) is 120 cm³/mol. The molecule has 0 aliphatic carbocycles. The maximum absolute atomic E-state index is 12.4. The highest BCUT2D eigenvalue weighted by Gasteiger charge is 2.22. The summed E-state index contributed by atoms with van der Waals surface area (Å²) in [5, 5.41) is 14.9. The summed E-state index contributed by atoms with van der Waals surface area (Å²) >= 11 is 0. The van der Waals surface area contributed by atoms with Crippen LogP contribution in [-0.4, -0.2) is 49.3 Å². The van der Waals surface area contributed by atoms with E-state index >= 15 is 0 Å². The monoisotopic (exact) mass is 454 g/mol. The van der Waals surface area contributed by atoms with Crippen molar-refractivity contribution >= 4 is 17.9 Å². The second kappa shape index (κ2) is 11.5. The van der Waals surface area contributed by atoms with E-state index in [-0.39, 0.29) is 13.2 Å². The Bertz CT molecular complexity index is 1110. The normalized spacial score (nSPS) is 11.5. The number of carbonyl (C=O) groups excluding carboxylic acids is 1. The minimum atomic E-state index is -1.36. The Hall–Kier alpha value is -4.15. The van der Waals surface area contributed by atoms with Gasteiger partial charge in [-0.25, -0.2) is 19.4 Å². The van der Waals surface area contributed by atoms with Crippen molar-refractivity contribution in [3.05, 3.63) is 76.4 Å². The lowest BCUT2D eigenvalue weighted by molar-refractivity contribution is -0.139. The highest BCUT2D eigenvalue weighted by molar-refractivity contribution is 5.79. The third-order valence-corrected chi connectivity index (χ3v) is 4.80. The van der Waals surface area contributed by atoms with Crippen molar-refractivity contribution in [1.29, 1.82) is 0 Å². The third kappa shape index (κ3) is 7.20. The van der Waals surface area contributed by atoms with Crippen LogP contribution in [0.5, 0.6) is 0 Å². The molecule has 4 N–H and O–H groups in total. The maximum atomic E-state index is 12.4. The van der Waals surface area contributed by atoms with E-state index in [1.54, 1.807) is 43.6 Å². The van der Waals surface area contributed by atoms with E-state index in [4.69, 9.17) is 4.74 Å². The van der Waals surface area contributed by atoms with Gasteiger partial charge in [0.15, 0.2) is 0 Å². The van der Waals surface area contributed by atoms with Crippen LogP contribution in [0, 0.1) is 6.92 Å². The maximum Gasteiger partial charge on any atom is 0.408 e. The van der Waals surface area contributed by atoms with Crippen LogP contribution in [0.3, 0.4) is 0 Å². The number of aryl methyl sites for hydroxylation is 2. The first-order chi connectivity index (χ1) is 15.9. The molecule has 11 nitrogen and oxygen atoms in total. The topological polar surface area (TPSA) is 151 Å². The summed E-state index contributed by atoms with van der Waals surface area (Å²) in [4.78, 5) is 47.3. The van der Waals surface area contributed by atoms with E-state index in [0.717, 1.165) is 28.8 Å². The molecule has 0 fully saturated rings. The van der Waals surface area contributed by atoms with Crippen LogP contribution < -0.4 is 16.3 Å². The van der Waals surface area contributed by atoms with Gasteiger partial charge in [-0.1, -0.05) is 30.3 Å². The molecule has 0 unspecified atom stereocenters. The molecule has 1 aromatic carbocycles. The number of ether oxygens (including phenoxy) is 1. The molecule has 0 saturated heterocycles. The molecule has 0 spiro atoms. The molecule has 3 rings (SSSR count). The molecule has 1 amide bonds. The fraction of sp³-hybridized carbons (Fsp3) is 0.318. The standard InChI is InChI=1S/C22H26N6O5/c1-15-12-28(21(31)27-19(15)25-9-5-8-18-23-10-11-24-18)13-17(20(29)30)26-22(32)33-14-16-6-3-2-4-7-16/h2-4,6-7,10-12,17H,5,8-9,13-14H2,1H3,(H,23,24)(H,26,32)(H,29,30)(H,25,27,31)/t17-/m0/s1. The minimum absolute atomic E-state index is 0.0000867. The SMILES string of the molecule is Cc1cn(C[C@H](NC(=O)OCc2ccccc2)C(=O)O)c(=O)nc1NCCCc1ncc[nH]1. The summed E-state index contributed by atoms with van der Waals surface area (Å²) in [6, 6.07) is 7.63. The lowest BCUT2D eigenvalue weighted by Crippen LogP contribution is -2.45. The van der Waals surface area contributed by atoms with Crippen molar-refractivity contribution in [1.82, 2.24) is 24.8 Å². The smallest absolute Gasteiger partial charge is 0.408 e. The number of aromatic amines is 1. The van der Waals surface area contributed by atoms with Gasteiger partial charge in [0.1, 0.15) is 24.3 Å². The number of nitrogens with one attached hydrogen (secondary N) is 3. The van der Waals surface area contributed by atoms with Gasteiger partial charge in [0.25, 0.3) is 0 Å². The van der Waals surface area contributed by atoms with Crippen LogP contribution in [0.15, 0.2) is 53.7 Å². The first kappa shape index (κ1) is 23.5. The summed E-state index contributed by atoms with van der Waals surface area (Å²) < 4.78 is 6.22. The molecular formula is C22H26N6O5. The molecular weight excluding hydrogens is 428 g/mol. The average Bonchev–Trinajstić information content (AvgIpc) is 3.32. The molecule has 33 heavy (non-hydrogen) atoms. The number of imidazole rings is 1. The van der Waals surface area contributed by atoms with Gasteiger partial charge in [-0.3, -0.25) is 4.57 Å². The van der Waals surface area contributed by atoms with Crippen molar-refractivity contribution in [3.8, 4) is 0 Å². The number of H-pyrrole nitrogens is 1. The van der Waals surface area contributed by atoms with E-state index in [9.17, 15) is 19.5 Å². The molecule has 2 aromatic heterocycles. The number of nitrogens with zero attached hydrogens (tertiary/aromatic N) is 3. The minimum Gasteiger partial charge on any atom is -0.480 e. The van der Waals surface area contributed by atoms with E-state index in [0.29, 0.717) is 17.9 Å². The highest BCUT2D eigenvalue weighted by atomic mass is 16.5. The zero-order chi connectivity index (χ0) is 23.6. The fourth-order valence-corrected chi connectivity index (χ4v) is 3.09. The second-order valence-electron chi connectivity index (χ2n) is 7.37. The van der Waals surface area contributed by atoms with Gasteiger partial charge in [-0.05, 0) is 18.9 Å². The molecule has 0 aliphatic heterocycles. The largest absolute Gasteiger partial charge is 0.480 e. The van der Waals surface area contributed by atoms with E-state index in [2.05, 4.69) is 25.6 Å². The Balaban J connectivity index is 1.55. The van der Waals surface area contributed by atoms with Crippen molar-refractivity contribution in [2.75, 3.05) is 11.9 Å². The molecule has 0 radical (unpaired) electrons. The van der Waals surface area contributed by atoms with Gasteiger partial charge in [0.2, 0.25) is 0 Å². The van der Waals surface area contributed by atoms with Crippen molar-refractivity contribution in [2.24, 2.45) is 0 Å². The van der Waals surface area contributed by atoms with Gasteiger partial charge in [-0.2, -0.15) is 4.98 Å². The summed E-state index contributed by atoms with van der Waals surface area (Å²) in [6.07, 6.45) is 5.61. The van der Waals surface area contributed by atoms with Crippen LogP contribution in [0.4, 0.5) is 10.6 Å². The van der Waals surface area contributed by atoms with Crippen molar-refractivity contribution in [3.63, 3.8) is 0 Å². The summed E-state index contributed by atoms with van der Waals surface area (Å²) in [6.45, 7) is 2.06. The summed E-state index contributed by atoms with van der Waals surface area (Å²) in [5.74, 6) is 0.0144. The lowest BCUT2D eigenvalue weighted by Gasteiger charge is -2.17. The van der Waals surface area contributed by atoms with Crippen LogP contribution in [0.2, 0.25) is 0 Å². The molecule has 0 bridgehead atoms. The van der Waals surface area contributed by atoms with E-state index in [1.165, 1.54) is 6.20 Å². The zero-order valence-corrected chi connectivity index (χ0v) is 18.2. The van der Waals surface area contributed by atoms with Crippen LogP contribution >= 0.6 is 0 Å². The number of aliphatic carboxylic acids is 1. The van der Waals surface area contributed by atoms with Gasteiger partial charge < -0.3 is 25.5 Å². The van der Waals surface area contributed by atoms with Gasteiger partial charge in [0, 0.05) is 37.1 Å². The van der Waals surface area contributed by atoms with E-state index in [1.807, 2.05) is 6.07 Å². The number of anilines is 1. The highest BCUT2D eigenvalue weighted by Crippen LogP contribution is 2.09. The number of aromatic nitrogens is 4. The molecule has 0 aliphatic rings. The molecule has 3 aromatic rings. The zero-order valence-electron chi connectivity index (χ0n) is 18.2. The number of carbonyl (C=O) groups is 2. The number of carboxylic acids is 1. The Kier molecular flexibility index (Phi) is 8.17. The average molecular weight is 454 g/mol. The summed E-state index contributed by atoms with van der Waals surface area (Å²) in [5.41, 5.74) is 0.811. The van der Waals surface area contributed by atoms with Gasteiger partial charge in [0.05, 0.1) is 6.54 Å². The van der Waals surface area contributed by atoms with Crippen LogP contribution in [0.1, 0.15) is 23.4 Å². The number of rotatable bonds is 11. The number of hydrogen-bond donors (Lipinski definition) is 4. The third-order valence-electron chi connectivity index (χ3n) is 4.80.